The molecule has 1 heterocycles. The van der Waals surface area contributed by atoms with Crippen molar-refractivity contribution in [3.63, 3.8) is 0 Å². The van der Waals surface area contributed by atoms with E-state index in [9.17, 15) is 0 Å². The van der Waals surface area contributed by atoms with E-state index in [1.54, 1.807) is 11.8 Å². The summed E-state index contributed by atoms with van der Waals surface area (Å²) < 4.78 is 8.34. The molecular formula is C13H16IN3O. The number of ether oxygens (including phenoxy) is 1. The van der Waals surface area contributed by atoms with Gasteiger partial charge in [-0.15, -0.1) is 0 Å². The fourth-order valence-corrected chi connectivity index (χ4v) is 2.51. The van der Waals surface area contributed by atoms with Crippen molar-refractivity contribution in [1.82, 2.24) is 9.78 Å². The van der Waals surface area contributed by atoms with E-state index >= 15 is 0 Å². The molecule has 5 heteroatoms. The summed E-state index contributed by atoms with van der Waals surface area (Å²) in [4.78, 5) is 0. The molecule has 0 saturated carbocycles. The first kappa shape index (κ1) is 13.2. The Kier molecular flexibility index (Phi) is 4.11. The highest BCUT2D eigenvalue weighted by molar-refractivity contribution is 14.1. The molecule has 0 unspecified atom stereocenters. The van der Waals surface area contributed by atoms with Gasteiger partial charge < -0.3 is 10.1 Å². The Labute approximate surface area is 120 Å². The van der Waals surface area contributed by atoms with Crippen molar-refractivity contribution in [1.29, 1.82) is 0 Å². The number of benzene rings is 1. The second kappa shape index (κ2) is 5.60. The molecule has 1 aromatic heterocycles. The van der Waals surface area contributed by atoms with Crippen molar-refractivity contribution < 1.29 is 4.74 Å². The number of nitrogens with zero attached hydrogens (tertiary/aromatic N) is 2. The normalized spacial score (nSPS) is 10.4. The number of hydrogen-bond donors (Lipinski definition) is 1. The van der Waals surface area contributed by atoms with Crippen LogP contribution in [0.15, 0.2) is 24.3 Å². The molecule has 0 aliphatic heterocycles. The average Bonchev–Trinajstić information content (AvgIpc) is 2.62. The Hall–Kier alpha value is -1.24. The van der Waals surface area contributed by atoms with Gasteiger partial charge in [0.25, 0.3) is 0 Å². The third-order valence-electron chi connectivity index (χ3n) is 2.81. The SMILES string of the molecule is COc1c(CNc2ccccc2I)c(C)nn1C. The minimum absolute atomic E-state index is 0.711. The highest BCUT2D eigenvalue weighted by Gasteiger charge is 2.13. The standard InChI is InChI=1S/C13H16IN3O/c1-9-10(13(18-3)17(2)16-9)8-15-12-7-5-4-6-11(12)14/h4-7,15H,8H2,1-3H3. The first-order valence-corrected chi connectivity index (χ1v) is 6.76. The molecule has 1 aromatic carbocycles. The van der Waals surface area contributed by atoms with Crippen LogP contribution in [0.5, 0.6) is 5.88 Å². The van der Waals surface area contributed by atoms with Gasteiger partial charge in [0, 0.05) is 22.8 Å². The summed E-state index contributed by atoms with van der Waals surface area (Å²) in [5.41, 5.74) is 3.22. The number of rotatable bonds is 4. The first-order chi connectivity index (χ1) is 8.63. The van der Waals surface area contributed by atoms with Crippen molar-refractivity contribution in [2.45, 2.75) is 13.5 Å². The average molecular weight is 357 g/mol. The van der Waals surface area contributed by atoms with Crippen LogP contribution in [0.3, 0.4) is 0 Å². The summed E-state index contributed by atoms with van der Waals surface area (Å²) in [5.74, 6) is 0.811. The highest BCUT2D eigenvalue weighted by Crippen LogP contribution is 2.23. The lowest BCUT2D eigenvalue weighted by Crippen LogP contribution is -2.03. The Morgan fingerprint density at radius 1 is 1.39 bits per heavy atom. The third kappa shape index (κ3) is 2.60. The van der Waals surface area contributed by atoms with Crippen molar-refractivity contribution >= 4 is 28.3 Å². The summed E-state index contributed by atoms with van der Waals surface area (Å²) >= 11 is 2.32. The van der Waals surface area contributed by atoms with Crippen molar-refractivity contribution in [2.24, 2.45) is 7.05 Å². The van der Waals surface area contributed by atoms with Gasteiger partial charge in [-0.05, 0) is 41.6 Å². The van der Waals surface area contributed by atoms with Crippen LogP contribution >= 0.6 is 22.6 Å². The van der Waals surface area contributed by atoms with E-state index in [1.165, 1.54) is 3.57 Å². The zero-order valence-corrected chi connectivity index (χ0v) is 12.9. The molecule has 0 bridgehead atoms. The summed E-state index contributed by atoms with van der Waals surface area (Å²) in [5, 5.41) is 7.78. The maximum Gasteiger partial charge on any atom is 0.216 e. The van der Waals surface area contributed by atoms with E-state index < -0.39 is 0 Å². The Bertz CT molecular complexity index is 551. The van der Waals surface area contributed by atoms with Gasteiger partial charge in [-0.25, -0.2) is 4.68 Å². The second-order valence-electron chi connectivity index (χ2n) is 4.03. The number of nitrogens with one attached hydrogen (secondary N) is 1. The van der Waals surface area contributed by atoms with Gasteiger partial charge >= 0.3 is 0 Å². The summed E-state index contributed by atoms with van der Waals surface area (Å²) in [7, 11) is 3.56. The van der Waals surface area contributed by atoms with E-state index in [4.69, 9.17) is 4.74 Å². The van der Waals surface area contributed by atoms with Gasteiger partial charge in [-0.3, -0.25) is 0 Å². The fourth-order valence-electron chi connectivity index (χ4n) is 1.93. The lowest BCUT2D eigenvalue weighted by molar-refractivity contribution is 0.370. The van der Waals surface area contributed by atoms with Crippen LogP contribution in [0.1, 0.15) is 11.3 Å². The maximum absolute atomic E-state index is 5.37. The van der Waals surface area contributed by atoms with Gasteiger partial charge in [0.1, 0.15) is 0 Å². The van der Waals surface area contributed by atoms with Crippen molar-refractivity contribution in [2.75, 3.05) is 12.4 Å². The number of para-hydroxylation sites is 1. The number of halogens is 1. The van der Waals surface area contributed by atoms with Gasteiger partial charge in [0.15, 0.2) is 0 Å². The monoisotopic (exact) mass is 357 g/mol. The molecule has 2 aromatic rings. The van der Waals surface area contributed by atoms with Gasteiger partial charge in [-0.1, -0.05) is 12.1 Å². The first-order valence-electron chi connectivity index (χ1n) is 5.68. The van der Waals surface area contributed by atoms with Crippen molar-refractivity contribution in [3.8, 4) is 5.88 Å². The molecule has 0 spiro atoms. The highest BCUT2D eigenvalue weighted by atomic mass is 127. The third-order valence-corrected chi connectivity index (χ3v) is 3.75. The summed E-state index contributed by atoms with van der Waals surface area (Å²) in [6.45, 7) is 2.71. The number of methoxy groups -OCH3 is 1. The summed E-state index contributed by atoms with van der Waals surface area (Å²) in [6, 6.07) is 8.21. The molecule has 0 saturated heterocycles. The van der Waals surface area contributed by atoms with Crippen molar-refractivity contribution in [3.05, 3.63) is 39.1 Å². The lowest BCUT2D eigenvalue weighted by Gasteiger charge is -2.09. The lowest BCUT2D eigenvalue weighted by atomic mass is 10.2. The number of aromatic nitrogens is 2. The quantitative estimate of drug-likeness (QED) is 0.856. The fraction of sp³-hybridized carbons (Fsp3) is 0.308. The predicted octanol–water partition coefficient (Wildman–Crippen LogP) is 2.95. The molecule has 2 rings (SSSR count). The maximum atomic E-state index is 5.37. The zero-order valence-electron chi connectivity index (χ0n) is 10.7. The predicted molar refractivity (Wildman–Crippen MR) is 81.0 cm³/mol. The van der Waals surface area contributed by atoms with Crippen LogP contribution in [0.2, 0.25) is 0 Å². The molecule has 0 aliphatic rings. The molecule has 0 aliphatic carbocycles. The van der Waals surface area contributed by atoms with E-state index in [-0.39, 0.29) is 0 Å². The Balaban J connectivity index is 2.18. The molecule has 0 radical (unpaired) electrons. The topological polar surface area (TPSA) is 39.1 Å². The van der Waals surface area contributed by atoms with Gasteiger partial charge in [-0.2, -0.15) is 5.10 Å². The van der Waals surface area contributed by atoms with Crippen LogP contribution in [0.4, 0.5) is 5.69 Å². The molecule has 0 fully saturated rings. The molecule has 18 heavy (non-hydrogen) atoms. The number of anilines is 1. The Morgan fingerprint density at radius 3 is 2.78 bits per heavy atom. The molecule has 4 nitrogen and oxygen atoms in total. The van der Waals surface area contributed by atoms with Crippen LogP contribution in [-0.4, -0.2) is 16.9 Å². The number of aryl methyl sites for hydroxylation is 2. The van der Waals surface area contributed by atoms with Gasteiger partial charge in [0.2, 0.25) is 5.88 Å². The van der Waals surface area contributed by atoms with Crippen LogP contribution in [-0.2, 0) is 13.6 Å². The van der Waals surface area contributed by atoms with E-state index in [1.807, 2.05) is 26.1 Å². The largest absolute Gasteiger partial charge is 0.481 e. The Morgan fingerprint density at radius 2 is 2.11 bits per heavy atom. The van der Waals surface area contributed by atoms with Crippen LogP contribution < -0.4 is 10.1 Å². The van der Waals surface area contributed by atoms with Gasteiger partial charge in [0.05, 0.1) is 18.4 Å². The minimum Gasteiger partial charge on any atom is -0.481 e. The van der Waals surface area contributed by atoms with Crippen LogP contribution in [0.25, 0.3) is 0 Å². The molecular weight excluding hydrogens is 341 g/mol. The van der Waals surface area contributed by atoms with Crippen LogP contribution in [0, 0.1) is 10.5 Å². The summed E-state index contributed by atoms with van der Waals surface area (Å²) in [6.07, 6.45) is 0. The van der Waals surface area contributed by atoms with E-state index in [2.05, 4.69) is 45.1 Å². The zero-order chi connectivity index (χ0) is 13.1. The van der Waals surface area contributed by atoms with E-state index in [0.29, 0.717) is 6.54 Å². The smallest absolute Gasteiger partial charge is 0.216 e. The number of hydrogen-bond acceptors (Lipinski definition) is 3. The molecule has 96 valence electrons. The molecule has 1 N–H and O–H groups in total. The van der Waals surface area contributed by atoms with E-state index in [0.717, 1.165) is 22.8 Å². The minimum atomic E-state index is 0.711. The molecule has 0 atom stereocenters. The second-order valence-corrected chi connectivity index (χ2v) is 5.19. The molecule has 0 amide bonds.